The van der Waals surface area contributed by atoms with Crippen LogP contribution in [0.3, 0.4) is 0 Å². The van der Waals surface area contributed by atoms with Gasteiger partial charge in [-0.1, -0.05) is 64.7 Å². The molecule has 5 nitrogen and oxygen atoms in total. The maximum atomic E-state index is 11.4. The summed E-state index contributed by atoms with van der Waals surface area (Å²) in [6.07, 6.45) is 17.1. The van der Waals surface area contributed by atoms with Crippen molar-refractivity contribution in [2.75, 3.05) is 6.61 Å². The predicted octanol–water partition coefficient (Wildman–Crippen LogP) is 7.31. The van der Waals surface area contributed by atoms with Crippen molar-refractivity contribution in [1.82, 2.24) is 9.97 Å². The van der Waals surface area contributed by atoms with Gasteiger partial charge in [0.15, 0.2) is 5.82 Å². The number of benzene rings is 1. The lowest BCUT2D eigenvalue weighted by Gasteiger charge is -2.24. The Morgan fingerprint density at radius 2 is 1.72 bits per heavy atom. The topological polar surface area (TPSA) is 61.3 Å². The second-order valence-corrected chi connectivity index (χ2v) is 8.85. The summed E-state index contributed by atoms with van der Waals surface area (Å²) in [5.74, 6) is 1.96. The Kier molecular flexibility index (Phi) is 9.98. The average molecular weight is 439 g/mol. The van der Waals surface area contributed by atoms with Crippen molar-refractivity contribution in [2.45, 2.75) is 90.9 Å². The molecule has 1 aliphatic carbocycles. The third kappa shape index (κ3) is 7.61. The first-order chi connectivity index (χ1) is 15.7. The average Bonchev–Trinajstić information content (AvgIpc) is 2.81. The van der Waals surface area contributed by atoms with Gasteiger partial charge in [0.2, 0.25) is 0 Å². The second kappa shape index (κ2) is 13.2. The molecule has 2 aromatic rings. The summed E-state index contributed by atoms with van der Waals surface area (Å²) in [6, 6.07) is 7.25. The van der Waals surface area contributed by atoms with Gasteiger partial charge in [-0.3, -0.25) is 0 Å². The lowest BCUT2D eigenvalue weighted by Crippen LogP contribution is -2.16. The molecule has 0 radical (unpaired) electrons. The van der Waals surface area contributed by atoms with Crippen LogP contribution in [0, 0.1) is 5.92 Å². The normalized spacial score (nSPS) is 15.2. The Balaban J connectivity index is 1.45. The van der Waals surface area contributed by atoms with E-state index < -0.39 is 6.16 Å². The van der Waals surface area contributed by atoms with E-state index >= 15 is 0 Å². The van der Waals surface area contributed by atoms with Crippen molar-refractivity contribution in [1.29, 1.82) is 0 Å². The highest BCUT2D eigenvalue weighted by Gasteiger charge is 2.20. The van der Waals surface area contributed by atoms with E-state index in [1.807, 2.05) is 18.3 Å². The quantitative estimate of drug-likeness (QED) is 0.197. The van der Waals surface area contributed by atoms with E-state index in [-0.39, 0.29) is 0 Å². The summed E-state index contributed by atoms with van der Waals surface area (Å²) in [7, 11) is 0. The van der Waals surface area contributed by atoms with Crippen LogP contribution in [-0.4, -0.2) is 22.7 Å². The molecule has 0 spiro atoms. The Bertz CT molecular complexity index is 835. The molecule has 0 bridgehead atoms. The van der Waals surface area contributed by atoms with E-state index in [4.69, 9.17) is 14.5 Å². The first-order valence-corrected chi connectivity index (χ1v) is 12.5. The second-order valence-electron chi connectivity index (χ2n) is 8.85. The zero-order valence-corrected chi connectivity index (χ0v) is 19.8. The van der Waals surface area contributed by atoms with Gasteiger partial charge in [-0.25, -0.2) is 14.8 Å². The third-order valence-corrected chi connectivity index (χ3v) is 6.29. The zero-order valence-electron chi connectivity index (χ0n) is 19.8. The molecule has 0 N–H and O–H groups in total. The zero-order chi connectivity index (χ0) is 22.6. The fourth-order valence-electron chi connectivity index (χ4n) is 4.45. The molecule has 1 aromatic carbocycles. The van der Waals surface area contributed by atoms with E-state index in [9.17, 15) is 4.79 Å². The number of fused-ring (bicyclic) bond motifs is 1. The van der Waals surface area contributed by atoms with Crippen molar-refractivity contribution < 1.29 is 14.3 Å². The molecule has 0 saturated carbocycles. The predicted molar refractivity (Wildman–Crippen MR) is 128 cm³/mol. The van der Waals surface area contributed by atoms with Crippen molar-refractivity contribution in [3.05, 3.63) is 41.7 Å². The van der Waals surface area contributed by atoms with Crippen molar-refractivity contribution in [3.63, 3.8) is 0 Å². The van der Waals surface area contributed by atoms with Gasteiger partial charge in [0, 0.05) is 17.5 Å². The number of nitrogens with zero attached hydrogens (tertiary/aromatic N) is 2. The molecule has 174 valence electrons. The number of rotatable bonds is 12. The smallest absolute Gasteiger partial charge is 0.434 e. The highest BCUT2D eigenvalue weighted by Crippen LogP contribution is 2.29. The molecule has 1 heterocycles. The van der Waals surface area contributed by atoms with Crippen LogP contribution in [0.15, 0.2) is 30.5 Å². The van der Waals surface area contributed by atoms with Crippen LogP contribution in [0.5, 0.6) is 5.75 Å². The first-order valence-electron chi connectivity index (χ1n) is 12.5. The third-order valence-electron chi connectivity index (χ3n) is 6.29. The standard InChI is InChI=1S/C27H38N2O3/c1-3-5-6-7-8-9-10-11-12-21-13-18-25-23(19-21)20-28-26(29-25)22-14-16-24(17-15-22)32-27(30)31-4-2/h14-17,20-21H,3-13,18-19H2,1-2H3. The van der Waals surface area contributed by atoms with Crippen LogP contribution >= 0.6 is 0 Å². The molecule has 1 aromatic heterocycles. The van der Waals surface area contributed by atoms with Gasteiger partial charge in [0.05, 0.1) is 6.61 Å². The maximum absolute atomic E-state index is 11.4. The summed E-state index contributed by atoms with van der Waals surface area (Å²) in [5, 5.41) is 0. The summed E-state index contributed by atoms with van der Waals surface area (Å²) >= 11 is 0. The summed E-state index contributed by atoms with van der Waals surface area (Å²) in [5.41, 5.74) is 3.42. The molecule has 1 aliphatic rings. The number of aromatic nitrogens is 2. The molecule has 32 heavy (non-hydrogen) atoms. The number of unbranched alkanes of at least 4 members (excludes halogenated alkanes) is 7. The van der Waals surface area contributed by atoms with Crippen molar-refractivity contribution in [2.24, 2.45) is 5.92 Å². The van der Waals surface area contributed by atoms with Gasteiger partial charge >= 0.3 is 6.16 Å². The number of carbonyl (C=O) groups excluding carboxylic acids is 1. The molecule has 5 heteroatoms. The van der Waals surface area contributed by atoms with Crippen molar-refractivity contribution in [3.8, 4) is 17.1 Å². The highest BCUT2D eigenvalue weighted by atomic mass is 16.7. The monoisotopic (exact) mass is 438 g/mol. The SMILES string of the molecule is CCCCCCCCCCC1CCc2nc(-c3ccc(OC(=O)OCC)cc3)ncc2C1. The van der Waals surface area contributed by atoms with Crippen molar-refractivity contribution >= 4 is 6.16 Å². The fraction of sp³-hybridized carbons (Fsp3) is 0.593. The minimum absolute atomic E-state index is 0.292. The lowest BCUT2D eigenvalue weighted by molar-refractivity contribution is 0.104. The molecule has 0 fully saturated rings. The molecule has 0 saturated heterocycles. The Morgan fingerprint density at radius 3 is 2.44 bits per heavy atom. The molecule has 0 aliphatic heterocycles. The van der Waals surface area contributed by atoms with E-state index in [0.717, 1.165) is 30.1 Å². The number of ether oxygens (including phenoxy) is 2. The largest absolute Gasteiger partial charge is 0.513 e. The summed E-state index contributed by atoms with van der Waals surface area (Å²) < 4.78 is 9.92. The number of carbonyl (C=O) groups is 1. The number of aryl methyl sites for hydroxylation is 1. The molecule has 0 amide bonds. The molecule has 1 unspecified atom stereocenters. The molecular weight excluding hydrogens is 400 g/mol. The van der Waals surface area contributed by atoms with Crippen LogP contribution in [0.4, 0.5) is 4.79 Å². The molecular formula is C27H38N2O3. The van der Waals surface area contributed by atoms with Gasteiger partial charge in [-0.15, -0.1) is 0 Å². The van der Waals surface area contributed by atoms with Gasteiger partial charge in [0.1, 0.15) is 5.75 Å². The van der Waals surface area contributed by atoms with E-state index in [1.165, 1.54) is 75.5 Å². The minimum atomic E-state index is -0.688. The lowest BCUT2D eigenvalue weighted by atomic mass is 9.84. The van der Waals surface area contributed by atoms with Gasteiger partial charge in [0.25, 0.3) is 0 Å². The first kappa shape index (κ1) is 24.2. The van der Waals surface area contributed by atoms with Crippen LogP contribution < -0.4 is 4.74 Å². The van der Waals surface area contributed by atoms with Crippen LogP contribution in [0.1, 0.15) is 89.3 Å². The fourth-order valence-corrected chi connectivity index (χ4v) is 4.45. The Labute approximate surface area is 193 Å². The van der Waals surface area contributed by atoms with Gasteiger partial charge in [-0.05, 0) is 61.9 Å². The molecule has 1 atom stereocenters. The van der Waals surface area contributed by atoms with E-state index in [1.54, 1.807) is 19.1 Å². The van der Waals surface area contributed by atoms with E-state index in [2.05, 4.69) is 11.9 Å². The Hall–Kier alpha value is -2.43. The highest BCUT2D eigenvalue weighted by molar-refractivity contribution is 5.65. The molecule has 3 rings (SSSR count). The summed E-state index contributed by atoms with van der Waals surface area (Å²) in [6.45, 7) is 4.31. The van der Waals surface area contributed by atoms with E-state index in [0.29, 0.717) is 12.4 Å². The number of hydrogen-bond acceptors (Lipinski definition) is 5. The van der Waals surface area contributed by atoms with Crippen LogP contribution in [-0.2, 0) is 17.6 Å². The summed E-state index contributed by atoms with van der Waals surface area (Å²) in [4.78, 5) is 20.9. The maximum Gasteiger partial charge on any atom is 0.513 e. The van der Waals surface area contributed by atoms with Gasteiger partial charge < -0.3 is 9.47 Å². The Morgan fingerprint density at radius 1 is 1.00 bits per heavy atom. The van der Waals surface area contributed by atoms with Crippen LogP contribution in [0.25, 0.3) is 11.4 Å². The van der Waals surface area contributed by atoms with Crippen LogP contribution in [0.2, 0.25) is 0 Å². The number of hydrogen-bond donors (Lipinski definition) is 0. The minimum Gasteiger partial charge on any atom is -0.434 e. The van der Waals surface area contributed by atoms with Gasteiger partial charge in [-0.2, -0.15) is 0 Å².